The Morgan fingerprint density at radius 1 is 1.11 bits per heavy atom. The van der Waals surface area contributed by atoms with Crippen LogP contribution < -0.4 is 19.5 Å². The number of ether oxygens (including phenoxy) is 3. The van der Waals surface area contributed by atoms with Gasteiger partial charge in [-0.05, 0) is 50.6 Å². The summed E-state index contributed by atoms with van der Waals surface area (Å²) in [5, 5.41) is 13.5. The number of nitrogens with zero attached hydrogens (tertiary/aromatic N) is 1. The fourth-order valence-corrected chi connectivity index (χ4v) is 2.48. The van der Waals surface area contributed by atoms with E-state index >= 15 is 0 Å². The molecule has 2 aromatic carbocycles. The number of hydrogen-bond acceptors (Lipinski definition) is 6. The van der Waals surface area contributed by atoms with Gasteiger partial charge in [0.25, 0.3) is 11.6 Å². The Morgan fingerprint density at radius 3 is 2.36 bits per heavy atom. The van der Waals surface area contributed by atoms with Crippen molar-refractivity contribution in [3.63, 3.8) is 0 Å². The molecular formula is C20H24N2O6. The van der Waals surface area contributed by atoms with Crippen LogP contribution >= 0.6 is 0 Å². The normalized spacial score (nSPS) is 11.6. The second kappa shape index (κ2) is 9.59. The van der Waals surface area contributed by atoms with Crippen LogP contribution in [0.5, 0.6) is 17.2 Å². The van der Waals surface area contributed by atoms with E-state index in [1.54, 1.807) is 7.11 Å². The van der Waals surface area contributed by atoms with E-state index in [1.807, 2.05) is 39.0 Å². The molecule has 0 aromatic heterocycles. The molecule has 2 aromatic rings. The van der Waals surface area contributed by atoms with Gasteiger partial charge in [-0.1, -0.05) is 6.07 Å². The van der Waals surface area contributed by atoms with Gasteiger partial charge in [-0.2, -0.15) is 0 Å². The highest BCUT2D eigenvalue weighted by atomic mass is 16.6. The molecule has 1 amide bonds. The molecule has 0 aliphatic carbocycles. The van der Waals surface area contributed by atoms with E-state index < -0.39 is 4.92 Å². The van der Waals surface area contributed by atoms with Crippen LogP contribution in [0, 0.1) is 10.1 Å². The van der Waals surface area contributed by atoms with Crippen LogP contribution in [0.15, 0.2) is 42.5 Å². The van der Waals surface area contributed by atoms with E-state index in [0.717, 1.165) is 5.56 Å². The number of nitro benzene ring substituents is 1. The minimum absolute atomic E-state index is 0.0217. The first-order chi connectivity index (χ1) is 13.3. The highest BCUT2D eigenvalue weighted by Crippen LogP contribution is 2.31. The van der Waals surface area contributed by atoms with Crippen molar-refractivity contribution in [1.82, 2.24) is 5.32 Å². The summed E-state index contributed by atoms with van der Waals surface area (Å²) in [5.41, 5.74) is 0.820. The lowest BCUT2D eigenvalue weighted by atomic mass is 10.1. The number of nitrogens with one attached hydrogen (secondary N) is 1. The van der Waals surface area contributed by atoms with Gasteiger partial charge in [-0.3, -0.25) is 14.9 Å². The first-order valence-corrected chi connectivity index (χ1v) is 8.81. The summed E-state index contributed by atoms with van der Waals surface area (Å²) in [6.45, 7) is 5.51. The van der Waals surface area contributed by atoms with Gasteiger partial charge in [0.05, 0.1) is 24.2 Å². The number of nitro groups is 1. The third kappa shape index (κ3) is 5.87. The third-order valence-corrected chi connectivity index (χ3v) is 3.85. The van der Waals surface area contributed by atoms with Gasteiger partial charge in [0.2, 0.25) is 0 Å². The Morgan fingerprint density at radius 2 is 1.79 bits per heavy atom. The van der Waals surface area contributed by atoms with Crippen LogP contribution in [0.25, 0.3) is 0 Å². The SMILES string of the molecule is COc1cc(C(C)NC(=O)COc2ccc([N+](=O)[O-])cc2)ccc1OC(C)C. The summed E-state index contributed by atoms with van der Waals surface area (Å²) in [7, 11) is 1.56. The fourth-order valence-electron chi connectivity index (χ4n) is 2.48. The van der Waals surface area contributed by atoms with E-state index in [0.29, 0.717) is 17.2 Å². The lowest BCUT2D eigenvalue weighted by molar-refractivity contribution is -0.384. The van der Waals surface area contributed by atoms with Crippen molar-refractivity contribution in [3.05, 3.63) is 58.1 Å². The van der Waals surface area contributed by atoms with Gasteiger partial charge in [0.15, 0.2) is 18.1 Å². The molecule has 1 atom stereocenters. The zero-order chi connectivity index (χ0) is 20.7. The lowest BCUT2D eigenvalue weighted by Crippen LogP contribution is -2.31. The molecule has 8 heteroatoms. The van der Waals surface area contributed by atoms with Gasteiger partial charge >= 0.3 is 0 Å². The number of amides is 1. The molecule has 0 fully saturated rings. The predicted molar refractivity (Wildman–Crippen MR) is 104 cm³/mol. The van der Waals surface area contributed by atoms with Crippen LogP contribution in [0.2, 0.25) is 0 Å². The molecule has 0 saturated carbocycles. The van der Waals surface area contributed by atoms with Crippen LogP contribution in [-0.2, 0) is 4.79 Å². The van der Waals surface area contributed by atoms with E-state index in [4.69, 9.17) is 14.2 Å². The number of methoxy groups -OCH3 is 1. The van der Waals surface area contributed by atoms with Crippen molar-refractivity contribution >= 4 is 11.6 Å². The molecule has 8 nitrogen and oxygen atoms in total. The van der Waals surface area contributed by atoms with Gasteiger partial charge in [-0.25, -0.2) is 0 Å². The minimum Gasteiger partial charge on any atom is -0.493 e. The van der Waals surface area contributed by atoms with Gasteiger partial charge in [0, 0.05) is 12.1 Å². The first-order valence-electron chi connectivity index (χ1n) is 8.81. The largest absolute Gasteiger partial charge is 0.493 e. The maximum absolute atomic E-state index is 12.1. The van der Waals surface area contributed by atoms with Gasteiger partial charge in [0.1, 0.15) is 5.75 Å². The second-order valence-electron chi connectivity index (χ2n) is 6.41. The molecule has 0 aliphatic rings. The van der Waals surface area contributed by atoms with Crippen LogP contribution in [0.4, 0.5) is 5.69 Å². The first kappa shape index (κ1) is 21.0. The Labute approximate surface area is 163 Å². The molecular weight excluding hydrogens is 364 g/mol. The summed E-state index contributed by atoms with van der Waals surface area (Å²) >= 11 is 0. The summed E-state index contributed by atoms with van der Waals surface area (Å²) in [6, 6.07) is 10.8. The number of hydrogen-bond donors (Lipinski definition) is 1. The van der Waals surface area contributed by atoms with Crippen molar-refractivity contribution < 1.29 is 23.9 Å². The standard InChI is InChI=1S/C20H24N2O6/c1-13(2)28-18-10-5-15(11-19(18)26-4)14(3)21-20(23)12-27-17-8-6-16(7-9-17)22(24)25/h5-11,13-14H,12H2,1-4H3,(H,21,23). The number of carbonyl (C=O) groups excluding carboxylic acids is 1. The third-order valence-electron chi connectivity index (χ3n) is 3.85. The Hall–Kier alpha value is -3.29. The number of non-ortho nitro benzene ring substituents is 1. The smallest absolute Gasteiger partial charge is 0.269 e. The van der Waals surface area contributed by atoms with Crippen LogP contribution in [0.3, 0.4) is 0 Å². The van der Waals surface area contributed by atoms with Crippen molar-refractivity contribution in [2.75, 3.05) is 13.7 Å². The quantitative estimate of drug-likeness (QED) is 0.520. The molecule has 2 rings (SSSR count). The summed E-state index contributed by atoms with van der Waals surface area (Å²) in [5.74, 6) is 1.30. The molecule has 150 valence electrons. The molecule has 1 N–H and O–H groups in total. The lowest BCUT2D eigenvalue weighted by Gasteiger charge is -2.18. The Kier molecular flexibility index (Phi) is 7.20. The van der Waals surface area contributed by atoms with Crippen molar-refractivity contribution in [3.8, 4) is 17.2 Å². The summed E-state index contributed by atoms with van der Waals surface area (Å²) < 4.78 is 16.4. The molecule has 0 bridgehead atoms. The number of benzene rings is 2. The van der Waals surface area contributed by atoms with E-state index in [9.17, 15) is 14.9 Å². The molecule has 0 radical (unpaired) electrons. The topological polar surface area (TPSA) is 99.9 Å². The molecule has 0 heterocycles. The second-order valence-corrected chi connectivity index (χ2v) is 6.41. The maximum Gasteiger partial charge on any atom is 0.269 e. The van der Waals surface area contributed by atoms with Gasteiger partial charge in [-0.15, -0.1) is 0 Å². The van der Waals surface area contributed by atoms with Crippen LogP contribution in [0.1, 0.15) is 32.4 Å². The Bertz CT molecular complexity index is 820. The van der Waals surface area contributed by atoms with E-state index in [1.165, 1.54) is 24.3 Å². The zero-order valence-electron chi connectivity index (χ0n) is 16.3. The average Bonchev–Trinajstić information content (AvgIpc) is 2.66. The monoisotopic (exact) mass is 388 g/mol. The van der Waals surface area contributed by atoms with Gasteiger partial charge < -0.3 is 19.5 Å². The number of carbonyl (C=O) groups is 1. The summed E-state index contributed by atoms with van der Waals surface area (Å²) in [4.78, 5) is 22.3. The molecule has 28 heavy (non-hydrogen) atoms. The molecule has 0 saturated heterocycles. The molecule has 0 aliphatic heterocycles. The highest BCUT2D eigenvalue weighted by Gasteiger charge is 2.14. The summed E-state index contributed by atoms with van der Waals surface area (Å²) in [6.07, 6.45) is 0.0217. The maximum atomic E-state index is 12.1. The van der Waals surface area contributed by atoms with E-state index in [2.05, 4.69) is 5.32 Å². The Balaban J connectivity index is 1.93. The average molecular weight is 388 g/mol. The zero-order valence-corrected chi connectivity index (χ0v) is 16.3. The van der Waals surface area contributed by atoms with Crippen molar-refractivity contribution in [2.24, 2.45) is 0 Å². The fraction of sp³-hybridized carbons (Fsp3) is 0.350. The molecule has 1 unspecified atom stereocenters. The number of rotatable bonds is 9. The van der Waals surface area contributed by atoms with Crippen LogP contribution in [-0.4, -0.2) is 30.7 Å². The highest BCUT2D eigenvalue weighted by molar-refractivity contribution is 5.78. The minimum atomic E-state index is -0.496. The van der Waals surface area contributed by atoms with Crippen molar-refractivity contribution in [2.45, 2.75) is 32.9 Å². The predicted octanol–water partition coefficient (Wildman–Crippen LogP) is 3.65. The van der Waals surface area contributed by atoms with E-state index in [-0.39, 0.29) is 30.3 Å². The van der Waals surface area contributed by atoms with Crippen molar-refractivity contribution in [1.29, 1.82) is 0 Å². The molecule has 0 spiro atoms.